The molecule has 1 aromatic heterocycles. The molecular weight excluding hydrogens is 343 g/mol. The van der Waals surface area contributed by atoms with E-state index in [2.05, 4.69) is 10.5 Å². The minimum atomic E-state index is -0.463. The van der Waals surface area contributed by atoms with Crippen LogP contribution in [0, 0.1) is 11.7 Å². The molecule has 1 heterocycles. The quantitative estimate of drug-likeness (QED) is 0.693. The first-order valence-electron chi connectivity index (χ1n) is 8.44. The lowest BCUT2D eigenvalue weighted by Crippen LogP contribution is -2.41. The Morgan fingerprint density at radius 1 is 1.46 bits per heavy atom. The fraction of sp³-hybridized carbons (Fsp3) is 0.444. The van der Waals surface area contributed by atoms with Gasteiger partial charge < -0.3 is 19.7 Å². The zero-order valence-electron chi connectivity index (χ0n) is 14.3. The molecule has 26 heavy (non-hydrogen) atoms. The van der Waals surface area contributed by atoms with Crippen LogP contribution in [0.3, 0.4) is 0 Å². The van der Waals surface area contributed by atoms with Gasteiger partial charge in [-0.25, -0.2) is 4.39 Å². The van der Waals surface area contributed by atoms with Crippen LogP contribution in [0.25, 0.3) is 0 Å². The minimum absolute atomic E-state index is 0.00478. The average Bonchev–Trinajstić information content (AvgIpc) is 3.01. The third kappa shape index (κ3) is 4.13. The Bertz CT molecular complexity index is 825. The first-order chi connectivity index (χ1) is 12.5. The average molecular weight is 364 g/mol. The second-order valence-corrected chi connectivity index (χ2v) is 6.50. The van der Waals surface area contributed by atoms with Crippen LogP contribution in [0.1, 0.15) is 36.6 Å². The number of carbonyl (C=O) groups is 1. The molecule has 0 spiro atoms. The summed E-state index contributed by atoms with van der Waals surface area (Å²) < 4.78 is 24.0. The van der Waals surface area contributed by atoms with Crippen molar-refractivity contribution in [3.05, 3.63) is 51.8 Å². The van der Waals surface area contributed by atoms with E-state index < -0.39 is 18.0 Å². The molecule has 3 rings (SSSR count). The summed E-state index contributed by atoms with van der Waals surface area (Å²) in [6, 6.07) is 5.00. The highest BCUT2D eigenvalue weighted by molar-refractivity contribution is 5.76. The molecule has 7 nitrogen and oxygen atoms in total. The summed E-state index contributed by atoms with van der Waals surface area (Å²) in [7, 11) is 1.49. The van der Waals surface area contributed by atoms with Crippen molar-refractivity contribution in [2.24, 2.45) is 5.92 Å². The number of aromatic amines is 1. The van der Waals surface area contributed by atoms with Crippen molar-refractivity contribution in [1.29, 1.82) is 0 Å². The molecule has 1 aliphatic carbocycles. The third-order valence-electron chi connectivity index (χ3n) is 4.64. The van der Waals surface area contributed by atoms with E-state index in [4.69, 9.17) is 9.26 Å². The van der Waals surface area contributed by atoms with Crippen LogP contribution in [-0.2, 0) is 11.2 Å². The number of ether oxygens (including phenoxy) is 1. The van der Waals surface area contributed by atoms with E-state index in [0.717, 1.165) is 0 Å². The van der Waals surface area contributed by atoms with Crippen LogP contribution in [0.5, 0.6) is 5.75 Å². The minimum Gasteiger partial charge on any atom is -0.496 e. The molecule has 140 valence electrons. The van der Waals surface area contributed by atoms with Crippen LogP contribution < -0.4 is 15.6 Å². The van der Waals surface area contributed by atoms with Gasteiger partial charge >= 0.3 is 0 Å². The number of hydrogen-bond acceptors (Lipinski definition) is 5. The summed E-state index contributed by atoms with van der Waals surface area (Å²) in [6.45, 7) is 0. The van der Waals surface area contributed by atoms with Crippen LogP contribution in [0.2, 0.25) is 0 Å². The number of benzene rings is 1. The topological polar surface area (TPSA) is 105 Å². The largest absolute Gasteiger partial charge is 0.496 e. The zero-order chi connectivity index (χ0) is 18.7. The van der Waals surface area contributed by atoms with Crippen LogP contribution in [0.4, 0.5) is 4.39 Å². The number of aryl methyl sites for hydroxylation is 1. The van der Waals surface area contributed by atoms with Gasteiger partial charge in [0.05, 0.1) is 19.3 Å². The van der Waals surface area contributed by atoms with Gasteiger partial charge in [-0.05, 0) is 37.0 Å². The number of carbonyl (C=O) groups excluding carboxylic acids is 1. The van der Waals surface area contributed by atoms with Crippen molar-refractivity contribution in [2.45, 2.75) is 37.8 Å². The van der Waals surface area contributed by atoms with Gasteiger partial charge in [0, 0.05) is 24.5 Å². The first kappa shape index (κ1) is 18.2. The molecule has 2 aromatic rings. The molecular formula is C18H21FN2O5. The van der Waals surface area contributed by atoms with Crippen LogP contribution >= 0.6 is 0 Å². The number of rotatable bonds is 7. The van der Waals surface area contributed by atoms with Crippen molar-refractivity contribution in [3.63, 3.8) is 0 Å². The Balaban J connectivity index is 1.73. The summed E-state index contributed by atoms with van der Waals surface area (Å²) in [5.74, 6) is 0.189. The molecule has 1 amide bonds. The van der Waals surface area contributed by atoms with E-state index in [1.807, 2.05) is 0 Å². The van der Waals surface area contributed by atoms with Crippen molar-refractivity contribution in [3.8, 4) is 5.75 Å². The van der Waals surface area contributed by atoms with E-state index in [1.54, 1.807) is 0 Å². The highest BCUT2D eigenvalue weighted by Gasteiger charge is 2.37. The summed E-state index contributed by atoms with van der Waals surface area (Å²) in [4.78, 5) is 23.4. The van der Waals surface area contributed by atoms with Gasteiger partial charge in [-0.1, -0.05) is 0 Å². The maximum absolute atomic E-state index is 13.8. The Labute approximate surface area is 149 Å². The maximum atomic E-state index is 13.8. The zero-order valence-corrected chi connectivity index (χ0v) is 14.3. The number of halogens is 1. The summed E-state index contributed by atoms with van der Waals surface area (Å²) in [5.41, 5.74) is 0.192. The lowest BCUT2D eigenvalue weighted by Gasteiger charge is -2.38. The van der Waals surface area contributed by atoms with Crippen LogP contribution in [-0.4, -0.2) is 29.4 Å². The number of nitrogens with one attached hydrogen (secondary N) is 2. The fourth-order valence-electron chi connectivity index (χ4n) is 3.23. The van der Waals surface area contributed by atoms with Crippen molar-refractivity contribution in [2.75, 3.05) is 7.11 Å². The number of amides is 1. The molecule has 0 radical (unpaired) electrons. The van der Waals surface area contributed by atoms with Crippen molar-refractivity contribution >= 4 is 5.91 Å². The summed E-state index contributed by atoms with van der Waals surface area (Å²) >= 11 is 0. The number of aliphatic hydroxyl groups is 1. The summed E-state index contributed by atoms with van der Waals surface area (Å²) in [6.07, 6.45) is 1.03. The van der Waals surface area contributed by atoms with Gasteiger partial charge in [-0.3, -0.25) is 9.59 Å². The molecule has 1 aromatic carbocycles. The van der Waals surface area contributed by atoms with Gasteiger partial charge in [0.15, 0.2) is 0 Å². The second-order valence-electron chi connectivity index (χ2n) is 6.50. The molecule has 0 saturated heterocycles. The lowest BCUT2D eigenvalue weighted by atomic mass is 9.74. The molecule has 0 bridgehead atoms. The molecule has 1 fully saturated rings. The maximum Gasteiger partial charge on any atom is 0.280 e. The highest BCUT2D eigenvalue weighted by Crippen LogP contribution is 2.41. The van der Waals surface area contributed by atoms with Gasteiger partial charge in [-0.2, -0.15) is 5.16 Å². The number of aromatic nitrogens is 1. The highest BCUT2D eigenvalue weighted by atomic mass is 19.1. The van der Waals surface area contributed by atoms with Crippen molar-refractivity contribution in [1.82, 2.24) is 10.5 Å². The van der Waals surface area contributed by atoms with E-state index in [9.17, 15) is 19.1 Å². The van der Waals surface area contributed by atoms with Gasteiger partial charge in [-0.15, -0.1) is 0 Å². The Morgan fingerprint density at radius 3 is 2.85 bits per heavy atom. The standard InChI is InChI=1S/C18H21FN2O5/c1-25-15-4-2-11(19)8-14(15)18(10-6-12(22)7-10)20-16(23)5-3-13-9-17(24)21-26-13/h2,4,8-10,12,18,22H,3,5-7H2,1H3,(H,20,23)(H,21,24)/t10?,12?,18-/m1/s1. The van der Waals surface area contributed by atoms with Gasteiger partial charge in [0.1, 0.15) is 17.3 Å². The van der Waals surface area contributed by atoms with Gasteiger partial charge in [0.2, 0.25) is 5.91 Å². The number of aliphatic hydroxyl groups excluding tert-OH is 1. The fourth-order valence-corrected chi connectivity index (χ4v) is 3.23. The third-order valence-corrected chi connectivity index (χ3v) is 4.64. The van der Waals surface area contributed by atoms with E-state index in [1.165, 1.54) is 31.4 Å². The normalized spacial score (nSPS) is 20.3. The molecule has 0 unspecified atom stereocenters. The summed E-state index contributed by atoms with van der Waals surface area (Å²) in [5, 5.41) is 14.7. The Morgan fingerprint density at radius 2 is 2.23 bits per heavy atom. The SMILES string of the molecule is COc1ccc(F)cc1[C@H](NC(=O)CCc1cc(=O)[nH]o1)C1CC(O)C1. The second kappa shape index (κ2) is 7.74. The molecule has 1 saturated carbocycles. The van der Waals surface area contributed by atoms with Gasteiger partial charge in [0.25, 0.3) is 5.56 Å². The van der Waals surface area contributed by atoms with E-state index in [0.29, 0.717) is 29.9 Å². The van der Waals surface area contributed by atoms with Crippen LogP contribution in [0.15, 0.2) is 33.6 Å². The number of methoxy groups -OCH3 is 1. The predicted octanol–water partition coefficient (Wildman–Crippen LogP) is 1.68. The Kier molecular flexibility index (Phi) is 5.41. The molecule has 1 atom stereocenters. The smallest absolute Gasteiger partial charge is 0.280 e. The molecule has 3 N–H and O–H groups in total. The van der Waals surface area contributed by atoms with E-state index in [-0.39, 0.29) is 30.2 Å². The molecule has 8 heteroatoms. The number of hydrogen-bond donors (Lipinski definition) is 3. The molecule has 1 aliphatic rings. The Hall–Kier alpha value is -2.61. The number of H-pyrrole nitrogens is 1. The molecule has 0 aliphatic heterocycles. The first-order valence-corrected chi connectivity index (χ1v) is 8.44. The monoisotopic (exact) mass is 364 g/mol. The van der Waals surface area contributed by atoms with Crippen molar-refractivity contribution < 1.29 is 23.6 Å². The van der Waals surface area contributed by atoms with E-state index >= 15 is 0 Å². The lowest BCUT2D eigenvalue weighted by molar-refractivity contribution is -0.123. The predicted molar refractivity (Wildman–Crippen MR) is 90.2 cm³/mol.